The molecule has 0 bridgehead atoms. The maximum atomic E-state index is 4.56. The van der Waals surface area contributed by atoms with Gasteiger partial charge in [-0.25, -0.2) is 4.98 Å². The molecule has 90 valence electrons. The second-order valence-corrected chi connectivity index (χ2v) is 6.68. The van der Waals surface area contributed by atoms with Crippen LogP contribution in [0, 0.1) is 11.3 Å². The van der Waals surface area contributed by atoms with E-state index in [-0.39, 0.29) is 5.54 Å². The summed E-state index contributed by atoms with van der Waals surface area (Å²) in [5.41, 5.74) is 0.541. The minimum absolute atomic E-state index is 0.117. The number of nitrogens with one attached hydrogen (secondary N) is 1. The third-order valence-corrected chi connectivity index (χ3v) is 4.71. The molecule has 0 amide bonds. The molecule has 2 nitrogen and oxygen atoms in total. The highest BCUT2D eigenvalue weighted by molar-refractivity contribution is 7.09. The molecule has 0 spiro atoms. The molecule has 0 aliphatic heterocycles. The second kappa shape index (κ2) is 4.11. The lowest BCUT2D eigenvalue weighted by Gasteiger charge is -2.33. The van der Waals surface area contributed by atoms with Crippen LogP contribution in [0.15, 0.2) is 11.6 Å². The average molecular weight is 238 g/mol. The van der Waals surface area contributed by atoms with E-state index in [0.29, 0.717) is 11.3 Å². The molecule has 0 radical (unpaired) electrons. The first kappa shape index (κ1) is 12.1. The third-order valence-electron chi connectivity index (χ3n) is 3.76. The van der Waals surface area contributed by atoms with Crippen molar-refractivity contribution in [1.82, 2.24) is 10.3 Å². The van der Waals surface area contributed by atoms with Crippen LogP contribution < -0.4 is 5.32 Å². The smallest absolute Gasteiger partial charge is 0.113 e. The summed E-state index contributed by atoms with van der Waals surface area (Å²) in [6.07, 6.45) is 4.40. The van der Waals surface area contributed by atoms with Crippen molar-refractivity contribution in [1.29, 1.82) is 0 Å². The fraction of sp³-hybridized carbons (Fsp3) is 0.769. The van der Waals surface area contributed by atoms with Gasteiger partial charge in [-0.3, -0.25) is 0 Å². The minimum atomic E-state index is 0.117. The van der Waals surface area contributed by atoms with E-state index in [4.69, 9.17) is 0 Å². The highest BCUT2D eigenvalue weighted by atomic mass is 32.1. The average Bonchev–Trinajstić information content (AvgIpc) is 2.74. The Balaban J connectivity index is 2.37. The highest BCUT2D eigenvalue weighted by Crippen LogP contribution is 2.52. The molecule has 0 saturated heterocycles. The highest BCUT2D eigenvalue weighted by Gasteiger charge is 2.50. The van der Waals surface area contributed by atoms with Crippen molar-refractivity contribution in [2.24, 2.45) is 11.3 Å². The summed E-state index contributed by atoms with van der Waals surface area (Å²) < 4.78 is 0. The van der Waals surface area contributed by atoms with E-state index >= 15 is 0 Å². The van der Waals surface area contributed by atoms with Crippen molar-refractivity contribution in [3.8, 4) is 0 Å². The second-order valence-electron chi connectivity index (χ2n) is 5.79. The Morgan fingerprint density at radius 3 is 2.75 bits per heavy atom. The Kier molecular flexibility index (Phi) is 3.10. The van der Waals surface area contributed by atoms with Crippen molar-refractivity contribution < 1.29 is 0 Å². The van der Waals surface area contributed by atoms with Gasteiger partial charge in [0.05, 0.1) is 5.54 Å². The summed E-state index contributed by atoms with van der Waals surface area (Å²) in [7, 11) is 0. The van der Waals surface area contributed by atoms with Gasteiger partial charge in [0.15, 0.2) is 0 Å². The van der Waals surface area contributed by atoms with Crippen molar-refractivity contribution >= 4 is 11.3 Å². The van der Waals surface area contributed by atoms with E-state index in [1.54, 1.807) is 11.3 Å². The zero-order chi connectivity index (χ0) is 11.8. The van der Waals surface area contributed by atoms with Crippen LogP contribution in [-0.4, -0.2) is 11.5 Å². The van der Waals surface area contributed by atoms with Crippen LogP contribution >= 0.6 is 11.3 Å². The zero-order valence-electron chi connectivity index (χ0n) is 10.7. The van der Waals surface area contributed by atoms with E-state index in [0.717, 1.165) is 6.54 Å². The van der Waals surface area contributed by atoms with Crippen LogP contribution in [0.2, 0.25) is 0 Å². The quantitative estimate of drug-likeness (QED) is 0.873. The zero-order valence-corrected chi connectivity index (χ0v) is 11.5. The molecule has 1 N–H and O–H groups in total. The molecule has 2 atom stereocenters. The Labute approximate surface area is 102 Å². The predicted octanol–water partition coefficient (Wildman–Crippen LogP) is 3.40. The van der Waals surface area contributed by atoms with Crippen molar-refractivity contribution in [3.05, 3.63) is 16.6 Å². The Bertz CT molecular complexity index is 345. The summed E-state index contributed by atoms with van der Waals surface area (Å²) in [5, 5.41) is 7.07. The lowest BCUT2D eigenvalue weighted by molar-refractivity contribution is 0.256. The van der Waals surface area contributed by atoms with Crippen molar-refractivity contribution in [3.63, 3.8) is 0 Å². The van der Waals surface area contributed by atoms with Gasteiger partial charge >= 0.3 is 0 Å². The first-order valence-electron chi connectivity index (χ1n) is 6.15. The summed E-state index contributed by atoms with van der Waals surface area (Å²) >= 11 is 1.79. The largest absolute Gasteiger partial charge is 0.305 e. The fourth-order valence-corrected chi connectivity index (χ4v) is 4.29. The Morgan fingerprint density at radius 2 is 2.31 bits per heavy atom. The SMILES string of the molecule is CCNC1(c2nccs2)CC(C)(C)CC1C. The van der Waals surface area contributed by atoms with Crippen LogP contribution in [-0.2, 0) is 5.54 Å². The number of aromatic nitrogens is 1. The molecule has 1 aliphatic rings. The molecule has 2 rings (SSSR count). The van der Waals surface area contributed by atoms with Crippen LogP contribution in [0.5, 0.6) is 0 Å². The van der Waals surface area contributed by atoms with Crippen molar-refractivity contribution in [2.75, 3.05) is 6.54 Å². The maximum Gasteiger partial charge on any atom is 0.113 e. The van der Waals surface area contributed by atoms with Crippen LogP contribution in [0.4, 0.5) is 0 Å². The van der Waals surface area contributed by atoms with E-state index in [2.05, 4.69) is 43.4 Å². The monoisotopic (exact) mass is 238 g/mol. The summed E-state index contributed by atoms with van der Waals surface area (Å²) in [6.45, 7) is 10.3. The minimum Gasteiger partial charge on any atom is -0.305 e. The molecule has 1 aromatic rings. The number of rotatable bonds is 3. The number of hydrogen-bond donors (Lipinski definition) is 1. The predicted molar refractivity (Wildman–Crippen MR) is 69.6 cm³/mol. The number of nitrogens with zero attached hydrogens (tertiary/aromatic N) is 1. The molecule has 0 aromatic carbocycles. The van der Waals surface area contributed by atoms with Gasteiger partial charge in [-0.1, -0.05) is 27.7 Å². The standard InChI is InChI=1S/C13H22N2S/c1-5-15-13(11-14-6-7-16-11)9-12(3,4)8-10(13)2/h6-7,10,15H,5,8-9H2,1-4H3. The first-order chi connectivity index (χ1) is 7.50. The van der Waals surface area contributed by atoms with E-state index in [1.807, 2.05) is 6.20 Å². The Morgan fingerprint density at radius 1 is 1.56 bits per heavy atom. The van der Waals surface area contributed by atoms with Crippen molar-refractivity contribution in [2.45, 2.75) is 46.1 Å². The topological polar surface area (TPSA) is 24.9 Å². The van der Waals surface area contributed by atoms with E-state index in [9.17, 15) is 0 Å². The summed E-state index contributed by atoms with van der Waals surface area (Å²) in [5.74, 6) is 0.661. The molecular formula is C13H22N2S. The molecule has 1 aliphatic carbocycles. The molecule has 1 fully saturated rings. The molecule has 1 saturated carbocycles. The summed E-state index contributed by atoms with van der Waals surface area (Å²) in [6, 6.07) is 0. The Hall–Kier alpha value is -0.410. The van der Waals surface area contributed by atoms with Crippen LogP contribution in [0.25, 0.3) is 0 Å². The third kappa shape index (κ3) is 1.91. The lowest BCUT2D eigenvalue weighted by atomic mass is 9.86. The molecule has 1 aromatic heterocycles. The van der Waals surface area contributed by atoms with Gasteiger partial charge in [-0.2, -0.15) is 0 Å². The van der Waals surface area contributed by atoms with Gasteiger partial charge < -0.3 is 5.32 Å². The van der Waals surface area contributed by atoms with Crippen LogP contribution in [0.3, 0.4) is 0 Å². The van der Waals surface area contributed by atoms with Gasteiger partial charge in [-0.05, 0) is 30.7 Å². The molecule has 16 heavy (non-hydrogen) atoms. The molecule has 3 heteroatoms. The van der Waals surface area contributed by atoms with Gasteiger partial charge in [0, 0.05) is 11.6 Å². The van der Waals surface area contributed by atoms with Gasteiger partial charge in [0.2, 0.25) is 0 Å². The van der Waals surface area contributed by atoms with Gasteiger partial charge in [0.25, 0.3) is 0 Å². The fourth-order valence-electron chi connectivity index (χ4n) is 3.36. The lowest BCUT2D eigenvalue weighted by Crippen LogP contribution is -2.44. The first-order valence-corrected chi connectivity index (χ1v) is 7.03. The number of hydrogen-bond acceptors (Lipinski definition) is 3. The maximum absolute atomic E-state index is 4.56. The summed E-state index contributed by atoms with van der Waals surface area (Å²) in [4.78, 5) is 4.56. The van der Waals surface area contributed by atoms with E-state index < -0.39 is 0 Å². The van der Waals surface area contributed by atoms with Gasteiger partial charge in [0.1, 0.15) is 5.01 Å². The van der Waals surface area contributed by atoms with Crippen LogP contribution in [0.1, 0.15) is 45.5 Å². The van der Waals surface area contributed by atoms with Gasteiger partial charge in [-0.15, -0.1) is 11.3 Å². The number of thiazole rings is 1. The molecule has 1 heterocycles. The molecular weight excluding hydrogens is 216 g/mol. The van der Waals surface area contributed by atoms with E-state index in [1.165, 1.54) is 17.8 Å². The molecule has 2 unspecified atom stereocenters. The normalized spacial score (nSPS) is 33.1.